The van der Waals surface area contributed by atoms with Gasteiger partial charge in [0.25, 0.3) is 5.69 Å². The minimum absolute atomic E-state index is 0.0170. The van der Waals surface area contributed by atoms with E-state index in [9.17, 15) is 19.6 Å². The normalized spacial score (nSPS) is 12.0. The van der Waals surface area contributed by atoms with E-state index < -0.39 is 16.8 Å². The summed E-state index contributed by atoms with van der Waals surface area (Å²) in [5.41, 5.74) is 0.272. The molecule has 21 heavy (non-hydrogen) atoms. The van der Waals surface area contributed by atoms with Crippen molar-refractivity contribution in [3.8, 4) is 11.5 Å². The molecular formula is C15H14FNO4. The Morgan fingerprint density at radius 1 is 1.24 bits per heavy atom. The molecule has 0 amide bonds. The van der Waals surface area contributed by atoms with Gasteiger partial charge >= 0.3 is 0 Å². The molecule has 0 saturated carbocycles. The molecule has 0 fully saturated rings. The summed E-state index contributed by atoms with van der Waals surface area (Å²) < 4.78 is 19.3. The van der Waals surface area contributed by atoms with Gasteiger partial charge in [0.1, 0.15) is 17.3 Å². The summed E-state index contributed by atoms with van der Waals surface area (Å²) in [6.45, 7) is 2.97. The number of hydrogen-bond donors (Lipinski definition) is 1. The molecule has 0 bridgehead atoms. The van der Waals surface area contributed by atoms with Gasteiger partial charge in [0.05, 0.1) is 22.2 Å². The minimum atomic E-state index is -1.06. The first kappa shape index (κ1) is 14.9. The molecule has 2 aromatic rings. The Hall–Kier alpha value is -2.47. The van der Waals surface area contributed by atoms with Crippen LogP contribution in [0.25, 0.3) is 0 Å². The highest BCUT2D eigenvalue weighted by atomic mass is 19.1. The van der Waals surface area contributed by atoms with Crippen molar-refractivity contribution >= 4 is 5.69 Å². The zero-order valence-electron chi connectivity index (χ0n) is 11.5. The third-order valence-electron chi connectivity index (χ3n) is 3.10. The number of aliphatic hydroxyl groups is 1. The standard InChI is InChI=1S/C15H14FNO4/c1-9-12(17(19)20)6-4-7-13(9)21-14-8-3-5-11(16)15(14)10(2)18/h3-8,10,18H,1-2H3/t10-/m0/s1. The van der Waals surface area contributed by atoms with Crippen LogP contribution >= 0.6 is 0 Å². The predicted molar refractivity (Wildman–Crippen MR) is 74.9 cm³/mol. The highest BCUT2D eigenvalue weighted by Gasteiger charge is 2.18. The Labute approximate surface area is 120 Å². The molecule has 5 nitrogen and oxygen atoms in total. The van der Waals surface area contributed by atoms with Crippen LogP contribution < -0.4 is 4.74 Å². The van der Waals surface area contributed by atoms with Gasteiger partial charge in [-0.3, -0.25) is 10.1 Å². The molecule has 0 unspecified atom stereocenters. The third-order valence-corrected chi connectivity index (χ3v) is 3.10. The van der Waals surface area contributed by atoms with Gasteiger partial charge in [-0.25, -0.2) is 4.39 Å². The van der Waals surface area contributed by atoms with E-state index in [2.05, 4.69) is 0 Å². The molecule has 0 aliphatic rings. The van der Waals surface area contributed by atoms with E-state index in [4.69, 9.17) is 4.74 Å². The van der Waals surface area contributed by atoms with Crippen molar-refractivity contribution in [1.82, 2.24) is 0 Å². The fraction of sp³-hybridized carbons (Fsp3) is 0.200. The number of hydrogen-bond acceptors (Lipinski definition) is 4. The van der Waals surface area contributed by atoms with Gasteiger partial charge in [0.2, 0.25) is 0 Å². The van der Waals surface area contributed by atoms with Crippen LogP contribution in [0.4, 0.5) is 10.1 Å². The van der Waals surface area contributed by atoms with Crippen LogP contribution in [0.3, 0.4) is 0 Å². The van der Waals surface area contributed by atoms with Crippen LogP contribution in [-0.2, 0) is 0 Å². The number of benzene rings is 2. The lowest BCUT2D eigenvalue weighted by Gasteiger charge is -2.15. The predicted octanol–water partition coefficient (Wildman–Crippen LogP) is 3.89. The summed E-state index contributed by atoms with van der Waals surface area (Å²) in [7, 11) is 0. The summed E-state index contributed by atoms with van der Waals surface area (Å²) in [4.78, 5) is 10.4. The molecule has 0 radical (unpaired) electrons. The van der Waals surface area contributed by atoms with Gasteiger partial charge in [-0.2, -0.15) is 0 Å². The number of nitro benzene ring substituents is 1. The molecule has 0 aromatic heterocycles. The first-order chi connectivity index (χ1) is 9.91. The molecule has 0 spiro atoms. The van der Waals surface area contributed by atoms with Gasteiger partial charge in [-0.05, 0) is 32.0 Å². The monoisotopic (exact) mass is 291 g/mol. The van der Waals surface area contributed by atoms with Crippen LogP contribution in [0.15, 0.2) is 36.4 Å². The maximum atomic E-state index is 13.8. The first-order valence-electron chi connectivity index (χ1n) is 6.30. The Bertz CT molecular complexity index is 685. The molecule has 2 aromatic carbocycles. The number of ether oxygens (including phenoxy) is 1. The summed E-state index contributed by atoms with van der Waals surface area (Å²) >= 11 is 0. The second-order valence-electron chi connectivity index (χ2n) is 4.59. The smallest absolute Gasteiger partial charge is 0.276 e. The Balaban J connectivity index is 2.47. The van der Waals surface area contributed by atoms with E-state index in [0.717, 1.165) is 0 Å². The lowest BCUT2D eigenvalue weighted by molar-refractivity contribution is -0.385. The number of halogens is 1. The van der Waals surface area contributed by atoms with E-state index in [1.807, 2.05) is 0 Å². The zero-order valence-corrected chi connectivity index (χ0v) is 11.5. The van der Waals surface area contributed by atoms with Gasteiger partial charge in [-0.15, -0.1) is 0 Å². The molecule has 1 N–H and O–H groups in total. The molecular weight excluding hydrogens is 277 g/mol. The molecule has 0 aliphatic heterocycles. The summed E-state index contributed by atoms with van der Waals surface area (Å²) in [6.07, 6.45) is -1.06. The second kappa shape index (κ2) is 5.88. The summed E-state index contributed by atoms with van der Waals surface area (Å²) in [6, 6.07) is 8.58. The molecule has 0 heterocycles. The van der Waals surface area contributed by atoms with Crippen molar-refractivity contribution in [3.05, 3.63) is 63.5 Å². The van der Waals surface area contributed by atoms with Gasteiger partial charge in [-0.1, -0.05) is 12.1 Å². The first-order valence-corrected chi connectivity index (χ1v) is 6.30. The zero-order chi connectivity index (χ0) is 15.6. The largest absolute Gasteiger partial charge is 0.456 e. The number of rotatable bonds is 4. The molecule has 0 aliphatic carbocycles. The summed E-state index contributed by atoms with van der Waals surface area (Å²) in [5.74, 6) is -0.212. The van der Waals surface area contributed by atoms with Crippen molar-refractivity contribution < 1.29 is 19.2 Å². The highest BCUT2D eigenvalue weighted by molar-refractivity contribution is 5.50. The fourth-order valence-corrected chi connectivity index (χ4v) is 2.04. The van der Waals surface area contributed by atoms with E-state index in [1.165, 1.54) is 37.3 Å². The van der Waals surface area contributed by atoms with Gasteiger partial charge in [0.15, 0.2) is 0 Å². The SMILES string of the molecule is Cc1c(Oc2cccc(F)c2[C@H](C)O)cccc1[N+](=O)[O-]. The number of nitrogens with zero attached hydrogens (tertiary/aromatic N) is 1. The Morgan fingerprint density at radius 3 is 2.48 bits per heavy atom. The van der Waals surface area contributed by atoms with Gasteiger partial charge < -0.3 is 9.84 Å². The van der Waals surface area contributed by atoms with Crippen molar-refractivity contribution in [2.45, 2.75) is 20.0 Å². The number of aliphatic hydroxyl groups excluding tert-OH is 1. The maximum Gasteiger partial charge on any atom is 0.276 e. The molecule has 1 atom stereocenters. The average Bonchev–Trinajstić information content (AvgIpc) is 2.40. The van der Waals surface area contributed by atoms with Gasteiger partial charge in [0, 0.05) is 6.07 Å². The highest BCUT2D eigenvalue weighted by Crippen LogP contribution is 2.35. The Kier molecular flexibility index (Phi) is 4.18. The lowest BCUT2D eigenvalue weighted by atomic mass is 10.1. The second-order valence-corrected chi connectivity index (χ2v) is 4.59. The average molecular weight is 291 g/mol. The van der Waals surface area contributed by atoms with E-state index in [1.54, 1.807) is 13.0 Å². The van der Waals surface area contributed by atoms with Crippen molar-refractivity contribution in [2.24, 2.45) is 0 Å². The quantitative estimate of drug-likeness (QED) is 0.685. The van der Waals surface area contributed by atoms with Crippen molar-refractivity contribution in [2.75, 3.05) is 0 Å². The van der Waals surface area contributed by atoms with Crippen LogP contribution in [0, 0.1) is 22.9 Å². The lowest BCUT2D eigenvalue weighted by Crippen LogP contribution is -2.01. The van der Waals surface area contributed by atoms with Crippen LogP contribution in [-0.4, -0.2) is 10.0 Å². The minimum Gasteiger partial charge on any atom is -0.456 e. The number of nitro groups is 1. The molecule has 2 rings (SSSR count). The Morgan fingerprint density at radius 2 is 1.86 bits per heavy atom. The van der Waals surface area contributed by atoms with Crippen molar-refractivity contribution in [1.29, 1.82) is 0 Å². The van der Waals surface area contributed by atoms with Crippen LogP contribution in [0.2, 0.25) is 0 Å². The topological polar surface area (TPSA) is 72.6 Å². The molecule has 0 saturated heterocycles. The van der Waals surface area contributed by atoms with E-state index in [-0.39, 0.29) is 22.7 Å². The van der Waals surface area contributed by atoms with Crippen LogP contribution in [0.5, 0.6) is 11.5 Å². The molecule has 110 valence electrons. The van der Waals surface area contributed by atoms with E-state index in [0.29, 0.717) is 5.56 Å². The maximum absolute atomic E-state index is 13.8. The van der Waals surface area contributed by atoms with Crippen LogP contribution in [0.1, 0.15) is 24.2 Å². The van der Waals surface area contributed by atoms with Crippen molar-refractivity contribution in [3.63, 3.8) is 0 Å². The fourth-order valence-electron chi connectivity index (χ4n) is 2.04. The summed E-state index contributed by atoms with van der Waals surface area (Å²) in [5, 5.41) is 20.6. The van der Waals surface area contributed by atoms with E-state index >= 15 is 0 Å². The molecule has 6 heteroatoms. The third kappa shape index (κ3) is 3.00.